The highest BCUT2D eigenvalue weighted by Gasteiger charge is 2.16. The largest absolute Gasteiger partial charge is 0.493 e. The quantitative estimate of drug-likeness (QED) is 0.783. The predicted octanol–water partition coefficient (Wildman–Crippen LogP) is 3.71. The number of rotatable bonds is 5. The zero-order chi connectivity index (χ0) is 15.2. The summed E-state index contributed by atoms with van der Waals surface area (Å²) in [5.74, 6) is 0.943. The van der Waals surface area contributed by atoms with Crippen LogP contribution in [0, 0.1) is 3.57 Å². The molecule has 0 aromatic heterocycles. The van der Waals surface area contributed by atoms with Gasteiger partial charge in [0.15, 0.2) is 17.6 Å². The molecule has 5 heteroatoms. The van der Waals surface area contributed by atoms with Crippen LogP contribution in [0.15, 0.2) is 48.5 Å². The first-order valence-electron chi connectivity index (χ1n) is 6.46. The number of carbonyl (C=O) groups excluding carboxylic acids is 1. The van der Waals surface area contributed by atoms with Gasteiger partial charge in [-0.3, -0.25) is 4.79 Å². The molecule has 1 amide bonds. The van der Waals surface area contributed by atoms with Crippen molar-refractivity contribution in [2.45, 2.75) is 13.0 Å². The van der Waals surface area contributed by atoms with Gasteiger partial charge in [0.1, 0.15) is 0 Å². The SMILES string of the molecule is COc1ccccc1OC(C)C(=O)Nc1ccc(I)cc1. The zero-order valence-electron chi connectivity index (χ0n) is 11.8. The average molecular weight is 397 g/mol. The van der Waals surface area contributed by atoms with Crippen LogP contribution in [-0.4, -0.2) is 19.1 Å². The van der Waals surface area contributed by atoms with E-state index in [9.17, 15) is 4.79 Å². The third-order valence-corrected chi connectivity index (χ3v) is 3.57. The van der Waals surface area contributed by atoms with Crippen LogP contribution in [0.1, 0.15) is 6.92 Å². The Balaban J connectivity index is 2.01. The van der Waals surface area contributed by atoms with E-state index in [0.717, 1.165) is 9.26 Å². The second-order valence-corrected chi connectivity index (χ2v) is 5.65. The van der Waals surface area contributed by atoms with Gasteiger partial charge in [0.2, 0.25) is 0 Å². The summed E-state index contributed by atoms with van der Waals surface area (Å²) >= 11 is 2.22. The van der Waals surface area contributed by atoms with Crippen molar-refractivity contribution in [2.24, 2.45) is 0 Å². The molecule has 4 nitrogen and oxygen atoms in total. The number of methoxy groups -OCH3 is 1. The van der Waals surface area contributed by atoms with Crippen molar-refractivity contribution in [2.75, 3.05) is 12.4 Å². The van der Waals surface area contributed by atoms with Gasteiger partial charge in [-0.05, 0) is 65.9 Å². The molecule has 0 aliphatic heterocycles. The number of para-hydroxylation sites is 2. The van der Waals surface area contributed by atoms with Crippen LogP contribution < -0.4 is 14.8 Å². The van der Waals surface area contributed by atoms with Gasteiger partial charge >= 0.3 is 0 Å². The summed E-state index contributed by atoms with van der Waals surface area (Å²) in [7, 11) is 1.57. The maximum absolute atomic E-state index is 12.1. The summed E-state index contributed by atoms with van der Waals surface area (Å²) in [5.41, 5.74) is 0.746. The number of halogens is 1. The van der Waals surface area contributed by atoms with Gasteiger partial charge in [-0.15, -0.1) is 0 Å². The molecular formula is C16H16INO3. The number of benzene rings is 2. The molecular weight excluding hydrogens is 381 g/mol. The molecule has 1 unspecified atom stereocenters. The van der Waals surface area contributed by atoms with E-state index in [-0.39, 0.29) is 5.91 Å². The van der Waals surface area contributed by atoms with Gasteiger partial charge in [-0.1, -0.05) is 12.1 Å². The lowest BCUT2D eigenvalue weighted by Gasteiger charge is -2.16. The van der Waals surface area contributed by atoms with Crippen molar-refractivity contribution in [3.05, 3.63) is 52.1 Å². The fourth-order valence-corrected chi connectivity index (χ4v) is 2.10. The molecule has 2 aromatic carbocycles. The van der Waals surface area contributed by atoms with E-state index in [1.54, 1.807) is 26.2 Å². The summed E-state index contributed by atoms with van der Waals surface area (Å²) in [6.45, 7) is 1.70. The van der Waals surface area contributed by atoms with Gasteiger partial charge in [0, 0.05) is 9.26 Å². The van der Waals surface area contributed by atoms with E-state index in [4.69, 9.17) is 9.47 Å². The molecule has 0 aliphatic rings. The third-order valence-electron chi connectivity index (χ3n) is 2.85. The molecule has 0 radical (unpaired) electrons. The van der Waals surface area contributed by atoms with Gasteiger partial charge in [-0.2, -0.15) is 0 Å². The number of anilines is 1. The lowest BCUT2D eigenvalue weighted by molar-refractivity contribution is -0.122. The molecule has 1 N–H and O–H groups in total. The van der Waals surface area contributed by atoms with E-state index < -0.39 is 6.10 Å². The first-order chi connectivity index (χ1) is 10.1. The van der Waals surface area contributed by atoms with Crippen LogP contribution in [0.4, 0.5) is 5.69 Å². The van der Waals surface area contributed by atoms with Crippen molar-refractivity contribution in [1.82, 2.24) is 0 Å². The summed E-state index contributed by atoms with van der Waals surface area (Å²) in [5, 5.41) is 2.82. The summed E-state index contributed by atoms with van der Waals surface area (Å²) < 4.78 is 12.0. The normalized spacial score (nSPS) is 11.6. The monoisotopic (exact) mass is 397 g/mol. The maximum Gasteiger partial charge on any atom is 0.265 e. The number of nitrogens with one attached hydrogen (secondary N) is 1. The number of hydrogen-bond acceptors (Lipinski definition) is 3. The Hall–Kier alpha value is -1.76. The smallest absolute Gasteiger partial charge is 0.265 e. The van der Waals surface area contributed by atoms with Crippen LogP contribution in [0.25, 0.3) is 0 Å². The Labute approximate surface area is 137 Å². The second-order valence-electron chi connectivity index (χ2n) is 4.41. The van der Waals surface area contributed by atoms with E-state index in [0.29, 0.717) is 11.5 Å². The molecule has 1 atom stereocenters. The van der Waals surface area contributed by atoms with Gasteiger partial charge < -0.3 is 14.8 Å². The lowest BCUT2D eigenvalue weighted by atomic mass is 10.3. The van der Waals surface area contributed by atoms with E-state index >= 15 is 0 Å². The number of amides is 1. The Kier molecular flexibility index (Phi) is 5.44. The molecule has 110 valence electrons. The topological polar surface area (TPSA) is 47.6 Å². The van der Waals surface area contributed by atoms with Crippen LogP contribution >= 0.6 is 22.6 Å². The van der Waals surface area contributed by atoms with Crippen molar-refractivity contribution in [3.63, 3.8) is 0 Å². The Morgan fingerprint density at radius 2 is 1.71 bits per heavy atom. The van der Waals surface area contributed by atoms with Gasteiger partial charge in [0.25, 0.3) is 5.91 Å². The molecule has 0 fully saturated rings. The van der Waals surface area contributed by atoms with Crippen LogP contribution in [0.3, 0.4) is 0 Å². The minimum absolute atomic E-state index is 0.206. The summed E-state index contributed by atoms with van der Waals surface area (Å²) in [4.78, 5) is 12.1. The Morgan fingerprint density at radius 1 is 1.10 bits per heavy atom. The highest BCUT2D eigenvalue weighted by Crippen LogP contribution is 2.27. The average Bonchev–Trinajstić information content (AvgIpc) is 2.50. The molecule has 0 bridgehead atoms. The summed E-state index contributed by atoms with van der Waals surface area (Å²) in [6.07, 6.45) is -0.624. The third kappa shape index (κ3) is 4.35. The first-order valence-corrected chi connectivity index (χ1v) is 7.54. The highest BCUT2D eigenvalue weighted by molar-refractivity contribution is 14.1. The van der Waals surface area contributed by atoms with E-state index in [1.807, 2.05) is 36.4 Å². The standard InChI is InChI=1S/C16H16INO3/c1-11(21-15-6-4-3-5-14(15)20-2)16(19)18-13-9-7-12(17)8-10-13/h3-11H,1-2H3,(H,18,19). The number of ether oxygens (including phenoxy) is 2. The summed E-state index contributed by atoms with van der Waals surface area (Å²) in [6, 6.07) is 14.8. The molecule has 21 heavy (non-hydrogen) atoms. The molecule has 2 rings (SSSR count). The van der Waals surface area contributed by atoms with Crippen LogP contribution in [0.5, 0.6) is 11.5 Å². The number of carbonyl (C=O) groups is 1. The molecule has 2 aromatic rings. The van der Waals surface area contributed by atoms with E-state index in [1.165, 1.54) is 0 Å². The Morgan fingerprint density at radius 3 is 2.33 bits per heavy atom. The van der Waals surface area contributed by atoms with Crippen molar-refractivity contribution < 1.29 is 14.3 Å². The minimum Gasteiger partial charge on any atom is -0.493 e. The first kappa shape index (κ1) is 15.6. The van der Waals surface area contributed by atoms with Gasteiger partial charge in [-0.25, -0.2) is 0 Å². The zero-order valence-corrected chi connectivity index (χ0v) is 14.0. The van der Waals surface area contributed by atoms with Crippen molar-refractivity contribution in [3.8, 4) is 11.5 Å². The second kappa shape index (κ2) is 7.31. The molecule has 0 spiro atoms. The fraction of sp³-hybridized carbons (Fsp3) is 0.188. The number of hydrogen-bond donors (Lipinski definition) is 1. The highest BCUT2D eigenvalue weighted by atomic mass is 127. The Bertz CT molecular complexity index is 613. The van der Waals surface area contributed by atoms with E-state index in [2.05, 4.69) is 27.9 Å². The molecule has 0 saturated heterocycles. The van der Waals surface area contributed by atoms with Crippen molar-refractivity contribution >= 4 is 34.2 Å². The van der Waals surface area contributed by atoms with Crippen LogP contribution in [0.2, 0.25) is 0 Å². The maximum atomic E-state index is 12.1. The minimum atomic E-state index is -0.624. The molecule has 0 saturated carbocycles. The lowest BCUT2D eigenvalue weighted by Crippen LogP contribution is -2.30. The predicted molar refractivity (Wildman–Crippen MR) is 90.9 cm³/mol. The van der Waals surface area contributed by atoms with Crippen molar-refractivity contribution in [1.29, 1.82) is 0 Å². The van der Waals surface area contributed by atoms with Crippen LogP contribution in [-0.2, 0) is 4.79 Å². The molecule has 0 heterocycles. The fourth-order valence-electron chi connectivity index (χ4n) is 1.74. The van der Waals surface area contributed by atoms with Gasteiger partial charge in [0.05, 0.1) is 7.11 Å². The molecule has 0 aliphatic carbocycles.